The molecule has 3 unspecified atom stereocenters. The molecule has 4 rings (SSSR count). The summed E-state index contributed by atoms with van der Waals surface area (Å²) < 4.78 is 6.95. The highest BCUT2D eigenvalue weighted by atomic mass is 16.5. The van der Waals surface area contributed by atoms with Crippen molar-refractivity contribution in [3.05, 3.63) is 106 Å². The zero-order valence-corrected chi connectivity index (χ0v) is 27.7. The first-order valence-corrected chi connectivity index (χ1v) is 15.7. The number of aryl methyl sites for hydroxylation is 2. The van der Waals surface area contributed by atoms with Crippen LogP contribution < -0.4 is 26.2 Å². The van der Waals surface area contributed by atoms with Crippen molar-refractivity contribution in [1.82, 2.24) is 25.6 Å². The fraction of sp³-hybridized carbons (Fsp3) is 0.333. The van der Waals surface area contributed by atoms with Gasteiger partial charge in [0.2, 0.25) is 11.3 Å². The van der Waals surface area contributed by atoms with E-state index in [-0.39, 0.29) is 17.9 Å². The molecule has 3 amide bonds. The molecule has 0 saturated heterocycles. The van der Waals surface area contributed by atoms with Crippen molar-refractivity contribution in [2.75, 3.05) is 7.11 Å². The molecule has 0 aliphatic heterocycles. The van der Waals surface area contributed by atoms with Crippen LogP contribution in [0, 0.1) is 12.8 Å². The van der Waals surface area contributed by atoms with Crippen LogP contribution in [-0.4, -0.2) is 52.2 Å². The first-order valence-electron chi connectivity index (χ1n) is 15.7. The van der Waals surface area contributed by atoms with Gasteiger partial charge in [-0.3, -0.25) is 19.2 Å². The second-order valence-corrected chi connectivity index (χ2v) is 11.5. The van der Waals surface area contributed by atoms with Crippen LogP contribution in [0.25, 0.3) is 11.0 Å². The number of hydrazone groups is 1. The van der Waals surface area contributed by atoms with Crippen LogP contribution in [0.5, 0.6) is 5.75 Å². The maximum Gasteiger partial charge on any atom is 0.262 e. The predicted octanol–water partition coefficient (Wildman–Crippen LogP) is 4.15. The molecule has 2 heterocycles. The number of hydrogen-bond acceptors (Lipinski definition) is 7. The highest BCUT2D eigenvalue weighted by Gasteiger charge is 2.31. The van der Waals surface area contributed by atoms with E-state index < -0.39 is 35.2 Å². The molecule has 246 valence electrons. The lowest BCUT2D eigenvalue weighted by Crippen LogP contribution is -2.56. The average molecular weight is 639 g/mol. The fourth-order valence-corrected chi connectivity index (χ4v) is 5.12. The third-order valence-corrected chi connectivity index (χ3v) is 8.19. The van der Waals surface area contributed by atoms with Crippen molar-refractivity contribution in [2.45, 2.75) is 66.1 Å². The number of carbonyl (C=O) groups is 3. The molecule has 0 bridgehead atoms. The van der Waals surface area contributed by atoms with Crippen LogP contribution in [0.15, 0.2) is 82.8 Å². The van der Waals surface area contributed by atoms with Gasteiger partial charge in [0.15, 0.2) is 0 Å². The highest BCUT2D eigenvalue weighted by Crippen LogP contribution is 2.15. The Hall–Kier alpha value is -5.32. The summed E-state index contributed by atoms with van der Waals surface area (Å²) in [6.07, 6.45) is 2.22. The largest absolute Gasteiger partial charge is 0.497 e. The molecular weight excluding hydrogens is 596 g/mol. The van der Waals surface area contributed by atoms with E-state index in [1.54, 1.807) is 42.9 Å². The molecule has 2 aromatic carbocycles. The lowest BCUT2D eigenvalue weighted by Gasteiger charge is -2.26. The molecule has 2 aromatic heterocycles. The van der Waals surface area contributed by atoms with Crippen LogP contribution >= 0.6 is 0 Å². The first-order chi connectivity index (χ1) is 22.6. The third kappa shape index (κ3) is 8.49. The molecule has 0 spiro atoms. The summed E-state index contributed by atoms with van der Waals surface area (Å²) in [5.74, 6) is -1.36. The van der Waals surface area contributed by atoms with Gasteiger partial charge in [-0.05, 0) is 74.2 Å². The summed E-state index contributed by atoms with van der Waals surface area (Å²) in [5.41, 5.74) is 5.45. The van der Waals surface area contributed by atoms with Gasteiger partial charge in [-0.2, -0.15) is 5.10 Å². The maximum absolute atomic E-state index is 13.8. The number of carbonyl (C=O) groups excluding carboxylic acids is 3. The van der Waals surface area contributed by atoms with Crippen molar-refractivity contribution in [2.24, 2.45) is 11.0 Å². The number of nitrogens with one attached hydrogen (secondary N) is 3. The topological polar surface area (TPSA) is 144 Å². The Morgan fingerprint density at radius 2 is 1.66 bits per heavy atom. The zero-order valence-electron chi connectivity index (χ0n) is 27.7. The van der Waals surface area contributed by atoms with Crippen LogP contribution in [0.1, 0.15) is 61.3 Å². The van der Waals surface area contributed by atoms with Gasteiger partial charge < -0.3 is 19.9 Å². The van der Waals surface area contributed by atoms with Gasteiger partial charge in [0.1, 0.15) is 29.0 Å². The van der Waals surface area contributed by atoms with Gasteiger partial charge in [-0.15, -0.1) is 0 Å². The quantitative estimate of drug-likeness (QED) is 0.148. The first kappa shape index (κ1) is 34.6. The van der Waals surface area contributed by atoms with Gasteiger partial charge in [0.05, 0.1) is 18.2 Å². The van der Waals surface area contributed by atoms with Gasteiger partial charge in [-0.25, -0.2) is 10.4 Å². The zero-order chi connectivity index (χ0) is 34.1. The maximum atomic E-state index is 13.8. The summed E-state index contributed by atoms with van der Waals surface area (Å²) in [4.78, 5) is 58.8. The second kappa shape index (κ2) is 15.8. The molecule has 11 nitrogen and oxygen atoms in total. The van der Waals surface area contributed by atoms with Crippen molar-refractivity contribution < 1.29 is 19.1 Å². The molecule has 3 atom stereocenters. The number of methoxy groups -OCH3 is 1. The number of ether oxygens (including phenoxy) is 1. The minimum absolute atomic E-state index is 0.0898. The number of nitrogens with zero attached hydrogens (tertiary/aromatic N) is 3. The van der Waals surface area contributed by atoms with Crippen LogP contribution in [0.3, 0.4) is 0 Å². The molecule has 11 heteroatoms. The second-order valence-electron chi connectivity index (χ2n) is 11.5. The van der Waals surface area contributed by atoms with Crippen molar-refractivity contribution >= 4 is 34.5 Å². The van der Waals surface area contributed by atoms with Crippen LogP contribution in [0.4, 0.5) is 0 Å². The monoisotopic (exact) mass is 638 g/mol. The van der Waals surface area contributed by atoms with Crippen LogP contribution in [-0.2, 0) is 22.6 Å². The number of aromatic nitrogens is 2. The lowest BCUT2D eigenvalue weighted by atomic mass is 9.96. The third-order valence-electron chi connectivity index (χ3n) is 8.19. The Morgan fingerprint density at radius 1 is 0.957 bits per heavy atom. The average Bonchev–Trinajstić information content (AvgIpc) is 3.09. The van der Waals surface area contributed by atoms with Crippen LogP contribution in [0.2, 0.25) is 0 Å². The Labute approximate surface area is 274 Å². The van der Waals surface area contributed by atoms with E-state index in [2.05, 4.69) is 26.1 Å². The summed E-state index contributed by atoms with van der Waals surface area (Å²) in [5, 5.41) is 10.2. The Bertz CT molecular complexity index is 1820. The predicted molar refractivity (Wildman–Crippen MR) is 183 cm³/mol. The molecule has 3 N–H and O–H groups in total. The molecule has 47 heavy (non-hydrogen) atoms. The standard InChI is InChI=1S/C36H42N6O5/c1-7-22(3)31(39-34(44)29-21-42(8-2)33-28(32(29)43)19-14-23(4)37-33)36(46)38-30(20-25-12-10-9-11-13-25)35(45)41-40-24(5)26-15-17-27(47-6)18-16-26/h9-19,21-22,30-31H,7-8,20H2,1-6H3,(H,38,46)(H,39,44)(H,41,45)/b40-24+. The number of benzene rings is 2. The number of hydrogen-bond donors (Lipinski definition) is 3. The van der Waals surface area contributed by atoms with Crippen molar-refractivity contribution in [1.29, 1.82) is 0 Å². The fourth-order valence-electron chi connectivity index (χ4n) is 5.12. The number of pyridine rings is 2. The van der Waals surface area contributed by atoms with Gasteiger partial charge >= 0.3 is 0 Å². The number of amides is 3. The molecule has 0 aliphatic carbocycles. The molecule has 0 saturated carbocycles. The Balaban J connectivity index is 1.58. The summed E-state index contributed by atoms with van der Waals surface area (Å²) in [6.45, 7) is 9.70. The smallest absolute Gasteiger partial charge is 0.262 e. The SMILES string of the molecule is CCC(C)C(NC(=O)c1cn(CC)c2nc(C)ccc2c1=O)C(=O)NC(Cc1ccccc1)C(=O)N/N=C(\C)c1ccc(OC)cc1. The Kier molecular flexibility index (Phi) is 11.6. The number of rotatable bonds is 13. The van der Waals surface area contributed by atoms with E-state index in [0.717, 1.165) is 16.8 Å². The molecule has 0 radical (unpaired) electrons. The summed E-state index contributed by atoms with van der Waals surface area (Å²) in [6, 6.07) is 17.9. The van der Waals surface area contributed by atoms with Crippen molar-refractivity contribution in [3.63, 3.8) is 0 Å². The van der Waals surface area contributed by atoms with Gasteiger partial charge in [0.25, 0.3) is 11.8 Å². The minimum Gasteiger partial charge on any atom is -0.497 e. The highest BCUT2D eigenvalue weighted by molar-refractivity contribution is 6.01. The summed E-state index contributed by atoms with van der Waals surface area (Å²) >= 11 is 0. The van der Waals surface area contributed by atoms with E-state index in [9.17, 15) is 19.2 Å². The van der Waals surface area contributed by atoms with E-state index >= 15 is 0 Å². The van der Waals surface area contributed by atoms with E-state index in [1.807, 2.05) is 70.2 Å². The molecular formula is C36H42N6O5. The van der Waals surface area contributed by atoms with Gasteiger partial charge in [-0.1, -0.05) is 50.6 Å². The number of fused-ring (bicyclic) bond motifs is 1. The van der Waals surface area contributed by atoms with Crippen molar-refractivity contribution in [3.8, 4) is 5.75 Å². The normalized spacial score (nSPS) is 13.4. The van der Waals surface area contributed by atoms with E-state index in [4.69, 9.17) is 4.74 Å². The summed E-state index contributed by atoms with van der Waals surface area (Å²) in [7, 11) is 1.58. The Morgan fingerprint density at radius 3 is 2.30 bits per heavy atom. The molecule has 4 aromatic rings. The molecule has 0 fully saturated rings. The molecule has 0 aliphatic rings. The van der Waals surface area contributed by atoms with E-state index in [0.29, 0.717) is 35.5 Å². The van der Waals surface area contributed by atoms with E-state index in [1.165, 1.54) is 6.20 Å². The lowest BCUT2D eigenvalue weighted by molar-refractivity contribution is -0.130. The van der Waals surface area contributed by atoms with Gasteiger partial charge in [0, 0.05) is 24.9 Å². The minimum atomic E-state index is -1.02.